The van der Waals surface area contributed by atoms with Crippen LogP contribution >= 0.6 is 23.4 Å². The van der Waals surface area contributed by atoms with Gasteiger partial charge < -0.3 is 19.7 Å². The first-order chi connectivity index (χ1) is 16.9. The molecule has 2 fully saturated rings. The maximum atomic E-state index is 13.4. The number of thioether (sulfide) groups is 1. The Morgan fingerprint density at radius 2 is 2.06 bits per heavy atom. The maximum Gasteiger partial charge on any atom is 0.329 e. The largest absolute Gasteiger partial charge is 0.497 e. The number of benzene rings is 1. The standard InChI is InChI=1S/C24H23ClN4O5S/c1-33-16-2-3-18(25)17(10-16)20-11-19-22(35-20)23(31)29(24(32)27-19)15-8-14(12-26-13-15)9-21(30)28-4-6-34-7-5-28/h2-3,8,10-13,19,22H,4-7,9H2,1H3,(H,27,32). The van der Waals surface area contributed by atoms with Crippen molar-refractivity contribution < 1.29 is 23.9 Å². The quantitative estimate of drug-likeness (QED) is 0.654. The van der Waals surface area contributed by atoms with Gasteiger partial charge in [-0.25, -0.2) is 9.69 Å². The minimum Gasteiger partial charge on any atom is -0.497 e. The first-order valence-corrected chi connectivity index (χ1v) is 12.4. The van der Waals surface area contributed by atoms with Crippen molar-refractivity contribution in [2.24, 2.45) is 0 Å². The molecule has 4 amide bonds. The highest BCUT2D eigenvalue weighted by Gasteiger charge is 2.45. The molecule has 0 aliphatic carbocycles. The number of nitrogens with zero attached hydrogens (tertiary/aromatic N) is 3. The number of nitrogens with one attached hydrogen (secondary N) is 1. The molecule has 0 radical (unpaired) electrons. The molecule has 2 aromatic rings. The number of ether oxygens (including phenoxy) is 2. The molecule has 2 unspecified atom stereocenters. The average molecular weight is 515 g/mol. The molecule has 35 heavy (non-hydrogen) atoms. The molecule has 1 N–H and O–H groups in total. The third kappa shape index (κ3) is 4.73. The lowest BCUT2D eigenvalue weighted by Crippen LogP contribution is -2.60. The van der Waals surface area contributed by atoms with Crippen molar-refractivity contribution >= 4 is 51.8 Å². The summed E-state index contributed by atoms with van der Waals surface area (Å²) < 4.78 is 10.6. The Bertz CT molecular complexity index is 1220. The third-order valence-corrected chi connectivity index (χ3v) is 7.75. The second-order valence-corrected chi connectivity index (χ2v) is 9.88. The lowest BCUT2D eigenvalue weighted by Gasteiger charge is -2.33. The van der Waals surface area contributed by atoms with Crippen molar-refractivity contribution in [3.8, 4) is 5.75 Å². The van der Waals surface area contributed by atoms with Gasteiger partial charge in [0.1, 0.15) is 11.0 Å². The fourth-order valence-corrected chi connectivity index (χ4v) is 5.84. The van der Waals surface area contributed by atoms with Crippen LogP contribution in [-0.2, 0) is 20.7 Å². The van der Waals surface area contributed by atoms with Crippen LogP contribution in [0.15, 0.2) is 42.7 Å². The van der Waals surface area contributed by atoms with Crippen LogP contribution in [0.3, 0.4) is 0 Å². The predicted octanol–water partition coefficient (Wildman–Crippen LogP) is 2.73. The van der Waals surface area contributed by atoms with Gasteiger partial charge in [-0.3, -0.25) is 14.6 Å². The minimum atomic E-state index is -0.552. The summed E-state index contributed by atoms with van der Waals surface area (Å²) in [5.41, 5.74) is 1.69. The summed E-state index contributed by atoms with van der Waals surface area (Å²) in [7, 11) is 1.57. The van der Waals surface area contributed by atoms with E-state index in [9.17, 15) is 14.4 Å². The van der Waals surface area contributed by atoms with Crippen molar-refractivity contribution in [1.82, 2.24) is 15.2 Å². The van der Waals surface area contributed by atoms with Gasteiger partial charge in [0, 0.05) is 34.8 Å². The molecule has 0 bridgehead atoms. The van der Waals surface area contributed by atoms with Gasteiger partial charge in [0.2, 0.25) is 5.91 Å². The number of pyridine rings is 1. The number of carbonyl (C=O) groups excluding carboxylic acids is 3. The number of morpholine rings is 1. The molecule has 5 rings (SSSR count). The van der Waals surface area contributed by atoms with Crippen molar-refractivity contribution in [3.05, 3.63) is 58.9 Å². The molecule has 3 aliphatic rings. The number of amides is 4. The number of halogens is 1. The van der Waals surface area contributed by atoms with Crippen molar-refractivity contribution in [3.63, 3.8) is 0 Å². The van der Waals surface area contributed by atoms with Crippen LogP contribution < -0.4 is 15.0 Å². The van der Waals surface area contributed by atoms with E-state index in [2.05, 4.69) is 10.3 Å². The van der Waals surface area contributed by atoms with Crippen LogP contribution in [-0.4, -0.2) is 72.4 Å². The summed E-state index contributed by atoms with van der Waals surface area (Å²) in [6, 6.07) is 5.97. The van der Waals surface area contributed by atoms with E-state index in [0.717, 1.165) is 15.4 Å². The Labute approximate surface area is 211 Å². The Morgan fingerprint density at radius 1 is 1.26 bits per heavy atom. The Kier molecular flexibility index (Phi) is 6.68. The third-order valence-electron chi connectivity index (χ3n) is 6.06. The summed E-state index contributed by atoms with van der Waals surface area (Å²) in [4.78, 5) is 46.8. The zero-order valence-electron chi connectivity index (χ0n) is 18.9. The van der Waals surface area contributed by atoms with Gasteiger partial charge in [0.05, 0.1) is 44.7 Å². The van der Waals surface area contributed by atoms with E-state index >= 15 is 0 Å². The lowest BCUT2D eigenvalue weighted by molar-refractivity contribution is -0.134. The van der Waals surface area contributed by atoms with E-state index in [-0.39, 0.29) is 18.2 Å². The summed E-state index contributed by atoms with van der Waals surface area (Å²) in [5, 5.41) is 2.87. The van der Waals surface area contributed by atoms with Gasteiger partial charge in [0.25, 0.3) is 5.91 Å². The summed E-state index contributed by atoms with van der Waals surface area (Å²) in [5.74, 6) is 0.247. The van der Waals surface area contributed by atoms with Gasteiger partial charge in [0.15, 0.2) is 0 Å². The molecule has 182 valence electrons. The van der Waals surface area contributed by atoms with Crippen molar-refractivity contribution in [2.75, 3.05) is 38.3 Å². The summed E-state index contributed by atoms with van der Waals surface area (Å²) in [6.07, 6.45) is 5.00. The molecule has 2 saturated heterocycles. The van der Waals surface area contributed by atoms with E-state index < -0.39 is 17.3 Å². The van der Waals surface area contributed by atoms with E-state index in [1.54, 1.807) is 42.5 Å². The van der Waals surface area contributed by atoms with Gasteiger partial charge in [-0.1, -0.05) is 11.6 Å². The second kappa shape index (κ2) is 9.88. The number of anilines is 1. The number of imide groups is 1. The minimum absolute atomic E-state index is 0.0444. The zero-order chi connectivity index (χ0) is 24.5. The molecule has 2 atom stereocenters. The van der Waals surface area contributed by atoms with Gasteiger partial charge in [-0.15, -0.1) is 11.8 Å². The lowest BCUT2D eigenvalue weighted by atomic mass is 10.1. The number of hydrogen-bond donors (Lipinski definition) is 1. The number of hydrogen-bond acceptors (Lipinski definition) is 7. The van der Waals surface area contributed by atoms with E-state index in [0.29, 0.717) is 48.3 Å². The second-order valence-electron chi connectivity index (χ2n) is 8.29. The highest BCUT2D eigenvalue weighted by atomic mass is 35.5. The van der Waals surface area contributed by atoms with E-state index in [1.807, 2.05) is 6.08 Å². The first-order valence-electron chi connectivity index (χ1n) is 11.1. The topological polar surface area (TPSA) is 101 Å². The number of fused-ring (bicyclic) bond motifs is 1. The Morgan fingerprint density at radius 3 is 2.83 bits per heavy atom. The number of carbonyl (C=O) groups is 3. The van der Waals surface area contributed by atoms with Crippen molar-refractivity contribution in [1.29, 1.82) is 0 Å². The zero-order valence-corrected chi connectivity index (χ0v) is 20.5. The summed E-state index contributed by atoms with van der Waals surface area (Å²) in [6.45, 7) is 2.13. The Hall–Kier alpha value is -3.08. The van der Waals surface area contributed by atoms with Gasteiger partial charge in [-0.05, 0) is 35.9 Å². The Balaban J connectivity index is 1.34. The molecule has 0 spiro atoms. The molecule has 9 nitrogen and oxygen atoms in total. The van der Waals surface area contributed by atoms with E-state index in [4.69, 9.17) is 21.1 Å². The predicted molar refractivity (Wildman–Crippen MR) is 133 cm³/mol. The molecule has 3 aliphatic heterocycles. The van der Waals surface area contributed by atoms with Crippen LogP contribution in [0.5, 0.6) is 5.75 Å². The SMILES string of the molecule is COc1ccc(Cl)c(C2=CC3NC(=O)N(c4cncc(CC(=O)N5CCOCC5)c4)C(=O)C3S2)c1. The average Bonchev–Trinajstić information content (AvgIpc) is 3.29. The molecule has 1 aromatic carbocycles. The summed E-state index contributed by atoms with van der Waals surface area (Å²) >= 11 is 7.74. The van der Waals surface area contributed by atoms with E-state index in [1.165, 1.54) is 18.0 Å². The first kappa shape index (κ1) is 23.7. The number of urea groups is 1. The fraction of sp³-hybridized carbons (Fsp3) is 0.333. The van der Waals surface area contributed by atoms with Crippen molar-refractivity contribution in [2.45, 2.75) is 17.7 Å². The van der Waals surface area contributed by atoms with Crippen LogP contribution in [0.1, 0.15) is 11.1 Å². The smallest absolute Gasteiger partial charge is 0.329 e. The number of methoxy groups -OCH3 is 1. The highest BCUT2D eigenvalue weighted by Crippen LogP contribution is 2.45. The van der Waals surface area contributed by atoms with Gasteiger partial charge in [-0.2, -0.15) is 0 Å². The van der Waals surface area contributed by atoms with Gasteiger partial charge >= 0.3 is 6.03 Å². The molecular formula is C24H23ClN4O5S. The normalized spacial score (nSPS) is 21.9. The van der Waals surface area contributed by atoms with Crippen LogP contribution in [0.2, 0.25) is 5.02 Å². The number of aromatic nitrogens is 1. The van der Waals surface area contributed by atoms with Crippen LogP contribution in [0.4, 0.5) is 10.5 Å². The molecule has 1 aromatic heterocycles. The fourth-order valence-electron chi connectivity index (χ4n) is 4.27. The monoisotopic (exact) mass is 514 g/mol. The molecular weight excluding hydrogens is 492 g/mol. The molecule has 4 heterocycles. The molecule has 11 heteroatoms. The number of rotatable bonds is 5. The molecule has 0 saturated carbocycles. The van der Waals surface area contributed by atoms with Crippen LogP contribution in [0.25, 0.3) is 4.91 Å². The maximum absolute atomic E-state index is 13.4. The highest BCUT2D eigenvalue weighted by molar-refractivity contribution is 8.09. The van der Waals surface area contributed by atoms with Crippen LogP contribution in [0, 0.1) is 0 Å².